The number of ether oxygens (including phenoxy) is 2. The molecule has 4 heterocycles. The summed E-state index contributed by atoms with van der Waals surface area (Å²) in [7, 11) is -3.91. The van der Waals surface area contributed by atoms with E-state index in [9.17, 15) is 66.6 Å². The Hall–Kier alpha value is -9.36. The number of primary amides is 1. The molecule has 18 N–H and O–H groups in total. The molecule has 4 aromatic rings. The van der Waals surface area contributed by atoms with Gasteiger partial charge in [-0.05, 0) is 74.3 Å². The van der Waals surface area contributed by atoms with Crippen molar-refractivity contribution in [3.05, 3.63) is 90.1 Å². The van der Waals surface area contributed by atoms with Gasteiger partial charge in [0.05, 0.1) is 68.3 Å². The third kappa shape index (κ3) is 37.7. The number of carbonyl (C=O) groups is 12. The molecule has 0 radical (unpaired) electrons. The van der Waals surface area contributed by atoms with Gasteiger partial charge >= 0.3 is 0 Å². The number of para-hydroxylation sites is 1. The summed E-state index contributed by atoms with van der Waals surface area (Å²) in [6.07, 6.45) is 19.2. The number of aliphatic hydroxyl groups is 2. The number of ketones is 2. The summed E-state index contributed by atoms with van der Waals surface area (Å²) in [5, 5.41) is 52.5. The second-order valence-corrected chi connectivity index (χ2v) is 34.2. The van der Waals surface area contributed by atoms with E-state index in [0.29, 0.717) is 61.1 Å². The molecule has 0 aliphatic carbocycles. The Morgan fingerprint density at radius 1 is 0.700 bits per heavy atom. The number of Topliss-reactive ketones (excluding diaryl/α,β-unsaturated/α-hetero) is 2. The van der Waals surface area contributed by atoms with Crippen LogP contribution in [-0.4, -0.2) is 233 Å². The Kier molecular flexibility index (Phi) is 46.0. The largest absolute Gasteiger partial charge is 0.396 e. The maximum absolute atomic E-state index is 15.2. The number of aromatic nitrogens is 3. The van der Waals surface area contributed by atoms with Crippen molar-refractivity contribution in [2.75, 3.05) is 69.9 Å². The van der Waals surface area contributed by atoms with Gasteiger partial charge in [-0.3, -0.25) is 67.7 Å². The van der Waals surface area contributed by atoms with Crippen LogP contribution in [-0.2, 0) is 96.3 Å². The summed E-state index contributed by atoms with van der Waals surface area (Å²) in [4.78, 5) is 181. The van der Waals surface area contributed by atoms with Crippen molar-refractivity contribution in [2.45, 2.75) is 261 Å². The van der Waals surface area contributed by atoms with Crippen LogP contribution in [0.5, 0.6) is 0 Å². The number of H-pyrrole nitrogens is 2. The van der Waals surface area contributed by atoms with Gasteiger partial charge in [0, 0.05) is 99.5 Å². The van der Waals surface area contributed by atoms with Gasteiger partial charge in [-0.15, -0.1) is 0 Å². The molecule has 2 aliphatic heterocycles. The third-order valence-electron chi connectivity index (χ3n) is 21.2. The summed E-state index contributed by atoms with van der Waals surface area (Å²) >= 11 is 1.28. The van der Waals surface area contributed by atoms with E-state index in [4.69, 9.17) is 26.4 Å². The fourth-order valence-corrected chi connectivity index (χ4v) is 16.7. The Bertz CT molecular complexity index is 3990. The fraction of sp³-hybridized carbons (Fsp3) is 0.643. The van der Waals surface area contributed by atoms with Crippen molar-refractivity contribution in [3.8, 4) is 0 Å². The number of guanidine groups is 1. The zero-order valence-electron chi connectivity index (χ0n) is 69.7. The van der Waals surface area contributed by atoms with Crippen LogP contribution in [0, 0.1) is 17.2 Å². The maximum atomic E-state index is 15.2. The molecule has 10 atom stereocenters. The SMILES string of the molecule is CCCCCCCCCCCCCCCC(=O)NS(=O)(=O)CCCC(=O)NCCOCCOCC(=O)N[C@@H](Cc1c[nH]cn1)C(=O)C[C@@H](CO)C(=O)N[C@@H](CCCC)C(=O)N[C@H]1CSCCCCC[C@@H](C(N)=O)NC(=O)[C@H](Cc2c[nH]c3ccccc23)NC(=O)[C@H](CCCNC(=N)N)NC(=O)[C@@H](Cc2ccccc2)CC(=O)[C@@H]2C[C@@H](O)CN2C1=O. The number of nitrogens with one attached hydrogen (secondary N) is 12. The predicted molar refractivity (Wildman–Crippen MR) is 455 cm³/mol. The van der Waals surface area contributed by atoms with E-state index in [1.54, 1.807) is 36.5 Å². The number of nitrogens with zero attached hydrogens (tertiary/aromatic N) is 2. The van der Waals surface area contributed by atoms with E-state index in [1.165, 1.54) is 80.6 Å². The number of thioether (sulfide) groups is 1. The molecule has 34 nitrogen and oxygen atoms in total. The lowest BCUT2D eigenvalue weighted by atomic mass is 9.90. The minimum atomic E-state index is -3.91. The lowest BCUT2D eigenvalue weighted by Gasteiger charge is -2.30. The van der Waals surface area contributed by atoms with Crippen molar-refractivity contribution in [1.29, 1.82) is 5.41 Å². The predicted octanol–water partition coefficient (Wildman–Crippen LogP) is 4.04. The summed E-state index contributed by atoms with van der Waals surface area (Å²) in [5.41, 5.74) is 13.9. The number of hydrogen-bond donors (Lipinski definition) is 16. The summed E-state index contributed by atoms with van der Waals surface area (Å²) in [5.74, 6) is -11.7. The van der Waals surface area contributed by atoms with Gasteiger partial charge in [0.2, 0.25) is 69.1 Å². The molecule has 10 amide bonds. The first-order valence-electron chi connectivity index (χ1n) is 42.7. The monoisotopic (exact) mass is 1710 g/mol. The first-order chi connectivity index (χ1) is 57.8. The van der Waals surface area contributed by atoms with Crippen LogP contribution in [0.25, 0.3) is 10.9 Å². The zero-order valence-corrected chi connectivity index (χ0v) is 71.3. The lowest BCUT2D eigenvalue weighted by Crippen LogP contribution is -2.58. The number of nitrogens with two attached hydrogens (primary N) is 2. The average Bonchev–Trinajstić information content (AvgIpc) is 1.66. The van der Waals surface area contributed by atoms with Crippen molar-refractivity contribution in [3.63, 3.8) is 0 Å². The van der Waals surface area contributed by atoms with Crippen LogP contribution in [0.15, 0.2) is 73.3 Å². The number of carbonyl (C=O) groups excluding carboxylic acids is 12. The molecular weight excluding hydrogens is 1590 g/mol. The normalized spacial score (nSPS) is 19.5. The summed E-state index contributed by atoms with van der Waals surface area (Å²) in [6, 6.07) is 6.88. The minimum absolute atomic E-state index is 0.000782. The van der Waals surface area contributed by atoms with Gasteiger partial charge in [-0.25, -0.2) is 13.4 Å². The quantitative estimate of drug-likeness (QED) is 0.0168. The number of hydrogen-bond acceptors (Lipinski definition) is 21. The van der Waals surface area contributed by atoms with Crippen LogP contribution in [0.1, 0.15) is 210 Å². The third-order valence-corrected chi connectivity index (χ3v) is 23.8. The number of imidazole rings is 1. The molecule has 0 spiro atoms. The van der Waals surface area contributed by atoms with Gasteiger partial charge in [-0.1, -0.05) is 165 Å². The van der Waals surface area contributed by atoms with Crippen LogP contribution in [0.3, 0.4) is 0 Å². The Balaban J connectivity index is 1.06. The van der Waals surface area contributed by atoms with Gasteiger partial charge in [-0.2, -0.15) is 11.8 Å². The van der Waals surface area contributed by atoms with Crippen molar-refractivity contribution in [2.24, 2.45) is 23.3 Å². The number of aliphatic hydroxyl groups excluding tert-OH is 2. The topological polar surface area (TPSA) is 530 Å². The van der Waals surface area contributed by atoms with E-state index < -0.39 is 173 Å². The number of sulfonamides is 1. The molecule has 6 rings (SSSR count). The Morgan fingerprint density at radius 3 is 2.07 bits per heavy atom. The molecular formula is C84H130N16O18S2. The second-order valence-electron chi connectivity index (χ2n) is 31.2. The molecule has 36 heteroatoms. The Labute approximate surface area is 708 Å². The van der Waals surface area contributed by atoms with Crippen LogP contribution < -0.4 is 58.7 Å². The standard InChI is InChI=1S/C84H130N16O18S2/c1-3-5-7-8-9-10-11-12-13-14-15-16-22-35-75(106)99-120(115,116)43-27-36-74(105)89-38-39-117-40-41-118-54-76(107)93-68(48-61-51-88-56-92-61)72(103)47-60(53-101)79(110)96-66(31-6-4-2)81(112)98-70-55-119-42-25-18-21-33-65(77(85)108)94-82(113)69(45-59-50-91-64-32-24-23-30-63(59)64)97-80(111)67(34-26-37-90-84(86)87)95-78(109)58(44-57-28-19-17-20-29-57)46-73(104)71-49-62(102)52-100(71)83(70)114/h17,19-20,23-24,28-30,32,50-51,56,58,60,62,65-71,91,101-102H,3-16,18,21-22,25-27,31,33-49,52-55H2,1-2H3,(H2,85,108)(H,88,92)(H,89,105)(H,93,107)(H,94,113)(H,95,109)(H,96,110)(H,97,111)(H,98,112)(H,99,106)(H4,86,87,90)/t58-,60-,62+,65-,66-,67-,68-,69-,70-,71-/m0/s1. The fourth-order valence-electron chi connectivity index (χ4n) is 14.5. The van der Waals surface area contributed by atoms with Crippen molar-refractivity contribution < 1.29 is 85.6 Å². The highest BCUT2D eigenvalue weighted by atomic mass is 32.2. The van der Waals surface area contributed by atoms with Gasteiger partial charge in [0.15, 0.2) is 17.5 Å². The van der Waals surface area contributed by atoms with E-state index >= 15 is 9.59 Å². The molecule has 0 unspecified atom stereocenters. The van der Waals surface area contributed by atoms with E-state index in [2.05, 4.69) is 69.1 Å². The Morgan fingerprint density at radius 2 is 1.38 bits per heavy atom. The van der Waals surface area contributed by atoms with Gasteiger partial charge in [0.1, 0.15) is 36.8 Å². The molecule has 666 valence electrons. The first-order valence-corrected chi connectivity index (χ1v) is 45.5. The molecule has 2 saturated heterocycles. The van der Waals surface area contributed by atoms with Crippen LogP contribution >= 0.6 is 11.8 Å². The average molecular weight is 1720 g/mol. The molecule has 2 aromatic heterocycles. The minimum Gasteiger partial charge on any atom is -0.396 e. The maximum Gasteiger partial charge on any atom is 0.246 e. The highest BCUT2D eigenvalue weighted by Crippen LogP contribution is 2.27. The van der Waals surface area contributed by atoms with Crippen molar-refractivity contribution in [1.82, 2.24) is 67.1 Å². The summed E-state index contributed by atoms with van der Waals surface area (Å²) < 4.78 is 38.2. The number of amides is 10. The second kappa shape index (κ2) is 55.5. The van der Waals surface area contributed by atoms with Gasteiger partial charge in [0.25, 0.3) is 0 Å². The van der Waals surface area contributed by atoms with E-state index in [1.807, 2.05) is 31.2 Å². The molecule has 2 aliphatic rings. The van der Waals surface area contributed by atoms with E-state index in [-0.39, 0.29) is 122 Å². The highest BCUT2D eigenvalue weighted by Gasteiger charge is 2.44. The highest BCUT2D eigenvalue weighted by molar-refractivity contribution is 7.99. The van der Waals surface area contributed by atoms with Crippen LogP contribution in [0.4, 0.5) is 0 Å². The smallest absolute Gasteiger partial charge is 0.246 e. The number of rotatable bonds is 50. The molecule has 120 heavy (non-hydrogen) atoms. The molecule has 0 saturated carbocycles. The van der Waals surface area contributed by atoms with Crippen molar-refractivity contribution >= 4 is 109 Å². The molecule has 2 aromatic carbocycles. The number of benzene rings is 2. The molecule has 0 bridgehead atoms. The lowest BCUT2D eigenvalue weighted by molar-refractivity contribution is -0.142. The number of fused-ring (bicyclic) bond motifs is 2. The first kappa shape index (κ1) is 99.5. The van der Waals surface area contributed by atoms with Crippen LogP contribution in [0.2, 0.25) is 0 Å². The molecule has 2 fully saturated rings. The number of aromatic amines is 2. The zero-order chi connectivity index (χ0) is 87.0. The number of unbranched alkanes of at least 4 members (excludes halogenated alkanes) is 13. The van der Waals surface area contributed by atoms with E-state index in [0.717, 1.165) is 36.6 Å². The summed E-state index contributed by atoms with van der Waals surface area (Å²) in [6.45, 7) is 2.49. The van der Waals surface area contributed by atoms with Gasteiger partial charge < -0.3 is 88.6 Å².